The van der Waals surface area contributed by atoms with Crippen molar-refractivity contribution in [1.29, 1.82) is 0 Å². The van der Waals surface area contributed by atoms with Crippen LogP contribution in [0.25, 0.3) is 0 Å². The van der Waals surface area contributed by atoms with Gasteiger partial charge in [-0.3, -0.25) is 0 Å². The van der Waals surface area contributed by atoms with Crippen LogP contribution < -0.4 is 5.32 Å². The highest BCUT2D eigenvalue weighted by atomic mass is 32.1. The lowest BCUT2D eigenvalue weighted by atomic mass is 9.81. The molecule has 1 fully saturated rings. The Balaban J connectivity index is 1.79. The lowest BCUT2D eigenvalue weighted by molar-refractivity contribution is 0.286. The van der Waals surface area contributed by atoms with E-state index in [2.05, 4.69) is 29.4 Å². The van der Waals surface area contributed by atoms with Crippen molar-refractivity contribution in [2.45, 2.75) is 52.0 Å². The van der Waals surface area contributed by atoms with Gasteiger partial charge in [0.15, 0.2) is 0 Å². The first-order valence-electron chi connectivity index (χ1n) is 5.87. The highest BCUT2D eigenvalue weighted by molar-refractivity contribution is 7.15. The van der Waals surface area contributed by atoms with Crippen LogP contribution in [0.5, 0.6) is 0 Å². The minimum absolute atomic E-state index is 0.535. The molecule has 0 amide bonds. The summed E-state index contributed by atoms with van der Waals surface area (Å²) in [5.41, 5.74) is 0. The normalized spacial score (nSPS) is 18.5. The van der Waals surface area contributed by atoms with E-state index in [1.54, 1.807) is 11.3 Å². The van der Waals surface area contributed by atoms with Crippen LogP contribution in [0, 0.1) is 5.92 Å². The summed E-state index contributed by atoms with van der Waals surface area (Å²) in [5.74, 6) is 0.950. The number of nitrogens with one attached hydrogen (secondary N) is 1. The molecule has 0 saturated heterocycles. The van der Waals surface area contributed by atoms with Gasteiger partial charge in [-0.25, -0.2) is 0 Å². The zero-order valence-electron chi connectivity index (χ0n) is 9.49. The SMILES string of the molecule is CCc1nnc(NC(C)CC2CCC2)s1. The molecule has 1 aromatic heterocycles. The molecular weight excluding hydrogens is 206 g/mol. The Labute approximate surface area is 95.3 Å². The first-order chi connectivity index (χ1) is 7.28. The van der Waals surface area contributed by atoms with E-state index >= 15 is 0 Å². The zero-order valence-corrected chi connectivity index (χ0v) is 10.3. The molecule has 1 saturated carbocycles. The molecule has 3 nitrogen and oxygen atoms in total. The van der Waals surface area contributed by atoms with Crippen LogP contribution in [0.2, 0.25) is 0 Å². The fourth-order valence-electron chi connectivity index (χ4n) is 1.95. The second kappa shape index (κ2) is 4.92. The molecule has 1 atom stereocenters. The Hall–Kier alpha value is -0.640. The first kappa shape index (κ1) is 10.9. The Morgan fingerprint density at radius 2 is 2.27 bits per heavy atom. The molecule has 1 N–H and O–H groups in total. The Morgan fingerprint density at radius 1 is 1.47 bits per heavy atom. The highest BCUT2D eigenvalue weighted by Gasteiger charge is 2.20. The fourth-order valence-corrected chi connectivity index (χ4v) is 2.74. The number of anilines is 1. The third-order valence-electron chi connectivity index (χ3n) is 3.05. The van der Waals surface area contributed by atoms with Gasteiger partial charge in [0.05, 0.1) is 0 Å². The van der Waals surface area contributed by atoms with Crippen LogP contribution in [0.3, 0.4) is 0 Å². The summed E-state index contributed by atoms with van der Waals surface area (Å²) >= 11 is 1.68. The second-order valence-corrected chi connectivity index (χ2v) is 5.49. The number of nitrogens with zero attached hydrogens (tertiary/aromatic N) is 2. The van der Waals surface area contributed by atoms with E-state index in [4.69, 9.17) is 0 Å². The number of hydrogen-bond acceptors (Lipinski definition) is 4. The first-order valence-corrected chi connectivity index (χ1v) is 6.68. The average Bonchev–Trinajstić information content (AvgIpc) is 2.59. The quantitative estimate of drug-likeness (QED) is 0.836. The monoisotopic (exact) mass is 225 g/mol. The fraction of sp³-hybridized carbons (Fsp3) is 0.818. The van der Waals surface area contributed by atoms with Gasteiger partial charge in [0.2, 0.25) is 5.13 Å². The standard InChI is InChI=1S/C11H19N3S/c1-3-10-13-14-11(15-10)12-8(2)7-9-5-4-6-9/h8-9H,3-7H2,1-2H3,(H,12,14). The Bertz CT molecular complexity index is 307. The summed E-state index contributed by atoms with van der Waals surface area (Å²) in [6.07, 6.45) is 6.53. The van der Waals surface area contributed by atoms with Gasteiger partial charge in [-0.15, -0.1) is 10.2 Å². The molecule has 1 aliphatic rings. The maximum atomic E-state index is 4.14. The topological polar surface area (TPSA) is 37.8 Å². The summed E-state index contributed by atoms with van der Waals surface area (Å²) in [5, 5.41) is 13.8. The van der Waals surface area contributed by atoms with Crippen molar-refractivity contribution in [2.75, 3.05) is 5.32 Å². The van der Waals surface area contributed by atoms with Crippen LogP contribution in [0.4, 0.5) is 5.13 Å². The van der Waals surface area contributed by atoms with Crippen molar-refractivity contribution in [1.82, 2.24) is 10.2 Å². The minimum Gasteiger partial charge on any atom is -0.358 e. The Kier molecular flexibility index (Phi) is 3.57. The molecule has 0 spiro atoms. The summed E-state index contributed by atoms with van der Waals surface area (Å²) in [7, 11) is 0. The number of aromatic nitrogens is 2. The van der Waals surface area contributed by atoms with Gasteiger partial charge in [-0.2, -0.15) is 0 Å². The minimum atomic E-state index is 0.535. The maximum Gasteiger partial charge on any atom is 0.205 e. The molecule has 1 aliphatic carbocycles. The largest absolute Gasteiger partial charge is 0.358 e. The van der Waals surface area contributed by atoms with Crippen LogP contribution >= 0.6 is 11.3 Å². The molecule has 0 radical (unpaired) electrons. The van der Waals surface area contributed by atoms with Crippen LogP contribution in [-0.4, -0.2) is 16.2 Å². The molecule has 15 heavy (non-hydrogen) atoms. The summed E-state index contributed by atoms with van der Waals surface area (Å²) in [6.45, 7) is 4.35. The molecule has 4 heteroatoms. The van der Waals surface area contributed by atoms with E-state index in [9.17, 15) is 0 Å². The molecule has 0 bridgehead atoms. The molecule has 1 unspecified atom stereocenters. The molecule has 0 aromatic carbocycles. The third kappa shape index (κ3) is 2.91. The second-order valence-electron chi connectivity index (χ2n) is 4.43. The van der Waals surface area contributed by atoms with Gasteiger partial charge in [-0.1, -0.05) is 37.5 Å². The predicted octanol–water partition coefficient (Wildman–Crippen LogP) is 3.09. The molecular formula is C11H19N3S. The van der Waals surface area contributed by atoms with Crippen LogP contribution in [0.15, 0.2) is 0 Å². The molecule has 84 valence electrons. The van der Waals surface area contributed by atoms with Gasteiger partial charge in [-0.05, 0) is 25.7 Å². The van der Waals surface area contributed by atoms with Crippen LogP contribution in [0.1, 0.15) is 44.5 Å². The van der Waals surface area contributed by atoms with Crippen molar-refractivity contribution in [3.8, 4) is 0 Å². The van der Waals surface area contributed by atoms with Crippen LogP contribution in [-0.2, 0) is 6.42 Å². The van der Waals surface area contributed by atoms with E-state index in [0.717, 1.165) is 22.5 Å². The third-order valence-corrected chi connectivity index (χ3v) is 4.05. The molecule has 1 heterocycles. The zero-order chi connectivity index (χ0) is 10.7. The van der Waals surface area contributed by atoms with E-state index in [-0.39, 0.29) is 0 Å². The van der Waals surface area contributed by atoms with Crippen molar-refractivity contribution < 1.29 is 0 Å². The number of hydrogen-bond donors (Lipinski definition) is 1. The van der Waals surface area contributed by atoms with E-state index < -0.39 is 0 Å². The lowest BCUT2D eigenvalue weighted by Gasteiger charge is -2.28. The smallest absolute Gasteiger partial charge is 0.205 e. The number of rotatable bonds is 5. The van der Waals surface area contributed by atoms with Gasteiger partial charge < -0.3 is 5.32 Å². The summed E-state index contributed by atoms with van der Waals surface area (Å²) < 4.78 is 0. The van der Waals surface area contributed by atoms with Gasteiger partial charge >= 0.3 is 0 Å². The molecule has 1 aromatic rings. The Morgan fingerprint density at radius 3 is 2.80 bits per heavy atom. The average molecular weight is 225 g/mol. The molecule has 0 aliphatic heterocycles. The summed E-state index contributed by atoms with van der Waals surface area (Å²) in [4.78, 5) is 0. The van der Waals surface area contributed by atoms with E-state index in [1.165, 1.54) is 25.7 Å². The number of aryl methyl sites for hydroxylation is 1. The van der Waals surface area contributed by atoms with Gasteiger partial charge in [0, 0.05) is 6.04 Å². The van der Waals surface area contributed by atoms with Gasteiger partial charge in [0.1, 0.15) is 5.01 Å². The maximum absolute atomic E-state index is 4.14. The predicted molar refractivity (Wildman–Crippen MR) is 64.3 cm³/mol. The van der Waals surface area contributed by atoms with Crippen molar-refractivity contribution in [3.63, 3.8) is 0 Å². The van der Waals surface area contributed by atoms with E-state index in [0.29, 0.717) is 6.04 Å². The highest BCUT2D eigenvalue weighted by Crippen LogP contribution is 2.31. The van der Waals surface area contributed by atoms with Crippen molar-refractivity contribution >= 4 is 16.5 Å². The molecule has 2 rings (SSSR count). The van der Waals surface area contributed by atoms with Crippen molar-refractivity contribution in [2.24, 2.45) is 5.92 Å². The summed E-state index contributed by atoms with van der Waals surface area (Å²) in [6, 6.07) is 0.535. The van der Waals surface area contributed by atoms with E-state index in [1.807, 2.05) is 0 Å². The van der Waals surface area contributed by atoms with Gasteiger partial charge in [0.25, 0.3) is 0 Å². The lowest BCUT2D eigenvalue weighted by Crippen LogP contribution is -2.23. The van der Waals surface area contributed by atoms with Crippen molar-refractivity contribution in [3.05, 3.63) is 5.01 Å².